The Morgan fingerprint density at radius 1 is 1.43 bits per heavy atom. The van der Waals surface area contributed by atoms with Crippen molar-refractivity contribution in [3.63, 3.8) is 0 Å². The van der Waals surface area contributed by atoms with Crippen molar-refractivity contribution >= 4 is 16.7 Å². The molecule has 1 aromatic heterocycles. The molecule has 14 heavy (non-hydrogen) atoms. The summed E-state index contributed by atoms with van der Waals surface area (Å²) in [5.41, 5.74) is 0. The Labute approximate surface area is 81.0 Å². The molecule has 0 amide bonds. The van der Waals surface area contributed by atoms with Gasteiger partial charge in [0.1, 0.15) is 0 Å². The van der Waals surface area contributed by atoms with Crippen LogP contribution in [0.2, 0.25) is 0 Å². The molecule has 0 saturated heterocycles. The molecule has 0 unspecified atom stereocenters. The first kappa shape index (κ1) is 8.56. The van der Waals surface area contributed by atoms with Crippen molar-refractivity contribution in [3.05, 3.63) is 43.1 Å². The summed E-state index contributed by atoms with van der Waals surface area (Å²) in [6.45, 7) is 3.33. The lowest BCUT2D eigenvalue weighted by Gasteiger charge is -1.97. The highest BCUT2D eigenvalue weighted by atomic mass is 16.5. The Morgan fingerprint density at radius 3 is 3.00 bits per heavy atom. The maximum Gasteiger partial charge on any atom is 0.336 e. The van der Waals surface area contributed by atoms with Gasteiger partial charge in [0.15, 0.2) is 0 Å². The van der Waals surface area contributed by atoms with E-state index in [1.54, 1.807) is 6.20 Å². The topological polar surface area (TPSA) is 42.1 Å². The fourth-order valence-electron chi connectivity index (χ4n) is 1.28. The van der Waals surface area contributed by atoms with Crippen LogP contribution in [0.1, 0.15) is 0 Å². The molecule has 0 aliphatic heterocycles. The van der Waals surface area contributed by atoms with Crippen LogP contribution in [0.4, 0.5) is 0 Å². The van der Waals surface area contributed by atoms with Gasteiger partial charge in [-0.2, -0.15) is 0 Å². The number of fused-ring (bicyclic) bond motifs is 1. The van der Waals surface area contributed by atoms with Crippen molar-refractivity contribution in [3.8, 4) is 5.88 Å². The van der Waals surface area contributed by atoms with E-state index >= 15 is 0 Å². The molecule has 0 atom stereocenters. The number of nitrogens with one attached hydrogen (secondary N) is 1. The van der Waals surface area contributed by atoms with E-state index in [-0.39, 0.29) is 0 Å². The van der Waals surface area contributed by atoms with Crippen LogP contribution in [0.3, 0.4) is 0 Å². The first-order valence-electron chi connectivity index (χ1n) is 4.21. The van der Waals surface area contributed by atoms with Gasteiger partial charge in [-0.25, -0.2) is 4.79 Å². The highest BCUT2D eigenvalue weighted by Gasteiger charge is 2.06. The standard InChI is InChI=1S/C11H9NO2/c1-2-10(13)14-11-9-6-4-3-5-8(9)7-12-11/h2-7,12H,1H2. The highest BCUT2D eigenvalue weighted by Crippen LogP contribution is 2.24. The summed E-state index contributed by atoms with van der Waals surface area (Å²) < 4.78 is 5.00. The van der Waals surface area contributed by atoms with Crippen molar-refractivity contribution < 1.29 is 9.53 Å². The molecule has 0 spiro atoms. The van der Waals surface area contributed by atoms with Gasteiger partial charge in [0.2, 0.25) is 5.88 Å². The molecule has 0 aliphatic carbocycles. The lowest BCUT2D eigenvalue weighted by Crippen LogP contribution is -2.03. The molecule has 2 aromatic rings. The normalized spacial score (nSPS) is 10.0. The molecule has 0 bridgehead atoms. The Morgan fingerprint density at radius 2 is 2.21 bits per heavy atom. The predicted molar refractivity (Wildman–Crippen MR) is 54.1 cm³/mol. The first-order valence-corrected chi connectivity index (χ1v) is 4.21. The summed E-state index contributed by atoms with van der Waals surface area (Å²) in [4.78, 5) is 13.9. The molecule has 70 valence electrons. The molecular weight excluding hydrogens is 178 g/mol. The number of hydrogen-bond acceptors (Lipinski definition) is 2. The highest BCUT2D eigenvalue weighted by molar-refractivity contribution is 5.91. The van der Waals surface area contributed by atoms with Crippen LogP contribution in [0, 0.1) is 0 Å². The molecule has 0 aliphatic rings. The molecule has 1 aromatic carbocycles. The molecule has 3 heteroatoms. The van der Waals surface area contributed by atoms with Gasteiger partial charge in [-0.3, -0.25) is 0 Å². The minimum Gasteiger partial charge on any atom is -0.406 e. The van der Waals surface area contributed by atoms with Gasteiger partial charge in [-0.15, -0.1) is 0 Å². The van der Waals surface area contributed by atoms with Crippen molar-refractivity contribution in [1.82, 2.24) is 4.98 Å². The summed E-state index contributed by atoms with van der Waals surface area (Å²) in [5.74, 6) is 0.00287. The van der Waals surface area contributed by atoms with E-state index in [4.69, 9.17) is 4.74 Å². The molecule has 3 nitrogen and oxygen atoms in total. The van der Waals surface area contributed by atoms with E-state index in [1.165, 1.54) is 0 Å². The Balaban J connectivity index is 2.43. The first-order chi connectivity index (χ1) is 6.81. The summed E-state index contributed by atoms with van der Waals surface area (Å²) >= 11 is 0. The van der Waals surface area contributed by atoms with E-state index in [1.807, 2.05) is 24.3 Å². The number of ether oxygens (including phenoxy) is 1. The third kappa shape index (κ3) is 1.40. The zero-order valence-corrected chi connectivity index (χ0v) is 7.49. The Hall–Kier alpha value is -2.03. The second-order valence-corrected chi connectivity index (χ2v) is 2.83. The van der Waals surface area contributed by atoms with Gasteiger partial charge in [0.05, 0.1) is 0 Å². The van der Waals surface area contributed by atoms with Gasteiger partial charge < -0.3 is 9.72 Å². The van der Waals surface area contributed by atoms with E-state index in [0.717, 1.165) is 16.8 Å². The van der Waals surface area contributed by atoms with Crippen LogP contribution >= 0.6 is 0 Å². The van der Waals surface area contributed by atoms with E-state index in [0.29, 0.717) is 5.88 Å². The number of esters is 1. The SMILES string of the molecule is C=CC(=O)Oc1[nH]cc2ccccc12. The smallest absolute Gasteiger partial charge is 0.336 e. The quantitative estimate of drug-likeness (QED) is 0.578. The minimum absolute atomic E-state index is 0.461. The van der Waals surface area contributed by atoms with Crippen molar-refractivity contribution in [2.24, 2.45) is 0 Å². The lowest BCUT2D eigenvalue weighted by molar-refractivity contribution is -0.129. The minimum atomic E-state index is -0.461. The van der Waals surface area contributed by atoms with Gasteiger partial charge in [0, 0.05) is 23.0 Å². The molecule has 0 saturated carbocycles. The third-order valence-electron chi connectivity index (χ3n) is 1.93. The second-order valence-electron chi connectivity index (χ2n) is 2.83. The third-order valence-corrected chi connectivity index (χ3v) is 1.93. The van der Waals surface area contributed by atoms with Crippen LogP contribution in [0.25, 0.3) is 10.8 Å². The van der Waals surface area contributed by atoms with E-state index < -0.39 is 5.97 Å². The van der Waals surface area contributed by atoms with Crippen LogP contribution in [0.15, 0.2) is 43.1 Å². The number of carbonyl (C=O) groups excluding carboxylic acids is 1. The average Bonchev–Trinajstić information content (AvgIpc) is 2.62. The Bertz CT molecular complexity index is 485. The van der Waals surface area contributed by atoms with Crippen LogP contribution in [0.5, 0.6) is 5.88 Å². The maximum absolute atomic E-state index is 11.0. The zero-order chi connectivity index (χ0) is 9.97. The van der Waals surface area contributed by atoms with Crippen LogP contribution < -0.4 is 4.74 Å². The summed E-state index contributed by atoms with van der Waals surface area (Å²) in [6.07, 6.45) is 2.93. The molecular formula is C11H9NO2. The zero-order valence-electron chi connectivity index (χ0n) is 7.49. The van der Waals surface area contributed by atoms with Crippen molar-refractivity contribution in [2.45, 2.75) is 0 Å². The number of aromatic amines is 1. The van der Waals surface area contributed by atoms with Crippen molar-refractivity contribution in [2.75, 3.05) is 0 Å². The number of hydrogen-bond donors (Lipinski definition) is 1. The fraction of sp³-hybridized carbons (Fsp3) is 0. The fourth-order valence-corrected chi connectivity index (χ4v) is 1.28. The largest absolute Gasteiger partial charge is 0.406 e. The molecule has 2 rings (SSSR count). The molecule has 0 fully saturated rings. The number of benzene rings is 1. The van der Waals surface area contributed by atoms with E-state index in [9.17, 15) is 4.79 Å². The van der Waals surface area contributed by atoms with Gasteiger partial charge >= 0.3 is 5.97 Å². The van der Waals surface area contributed by atoms with E-state index in [2.05, 4.69) is 11.6 Å². The van der Waals surface area contributed by atoms with Gasteiger partial charge in [-0.05, 0) is 6.07 Å². The molecule has 0 radical (unpaired) electrons. The van der Waals surface area contributed by atoms with Crippen molar-refractivity contribution in [1.29, 1.82) is 0 Å². The number of aromatic nitrogens is 1. The average molecular weight is 187 g/mol. The van der Waals surface area contributed by atoms with Gasteiger partial charge in [-0.1, -0.05) is 24.8 Å². The molecule has 1 N–H and O–H groups in total. The van der Waals surface area contributed by atoms with Crippen LogP contribution in [-0.4, -0.2) is 11.0 Å². The summed E-state index contributed by atoms with van der Waals surface area (Å²) in [5, 5.41) is 1.90. The summed E-state index contributed by atoms with van der Waals surface area (Å²) in [7, 11) is 0. The second kappa shape index (κ2) is 3.38. The maximum atomic E-state index is 11.0. The number of carbonyl (C=O) groups is 1. The summed E-state index contributed by atoms with van der Waals surface area (Å²) in [6, 6.07) is 7.64. The number of rotatable bonds is 2. The van der Waals surface area contributed by atoms with Crippen LogP contribution in [-0.2, 0) is 4.79 Å². The monoisotopic (exact) mass is 187 g/mol. The van der Waals surface area contributed by atoms with Gasteiger partial charge in [0.25, 0.3) is 0 Å². The predicted octanol–water partition coefficient (Wildman–Crippen LogP) is 2.26. The Kier molecular flexibility index (Phi) is 2.07. The lowest BCUT2D eigenvalue weighted by atomic mass is 10.2. The number of H-pyrrole nitrogens is 1. The molecule has 1 heterocycles.